The number of benzene rings is 2. The number of nitrogens with one attached hydrogen (secondary N) is 2. The van der Waals surface area contributed by atoms with Crippen LogP contribution in [0.1, 0.15) is 41.4 Å². The number of piperidine rings is 1. The summed E-state index contributed by atoms with van der Waals surface area (Å²) in [6.45, 7) is 1.86. The second-order valence-electron chi connectivity index (χ2n) is 11.2. The third-order valence-electron chi connectivity index (χ3n) is 7.62. The van der Waals surface area contributed by atoms with Gasteiger partial charge >= 0.3 is 6.03 Å². The maximum absolute atomic E-state index is 14.1. The Bertz CT molecular complexity index is 1650. The van der Waals surface area contributed by atoms with Gasteiger partial charge in [0, 0.05) is 49.9 Å². The number of aromatic nitrogens is 3. The van der Waals surface area contributed by atoms with Gasteiger partial charge in [0.1, 0.15) is 42.5 Å². The summed E-state index contributed by atoms with van der Waals surface area (Å²) in [5, 5.41) is 9.81. The molecule has 1 saturated heterocycles. The van der Waals surface area contributed by atoms with E-state index in [1.807, 2.05) is 19.1 Å². The number of hydrogen-bond donors (Lipinski definition) is 2. The molecule has 0 saturated carbocycles. The van der Waals surface area contributed by atoms with E-state index in [2.05, 4.69) is 20.7 Å². The monoisotopic (exact) mass is 624 g/mol. The summed E-state index contributed by atoms with van der Waals surface area (Å²) in [6.07, 6.45) is 1.94. The lowest BCUT2D eigenvalue weighted by molar-refractivity contribution is 0.0579. The number of alkyl halides is 2. The average molecular weight is 625 g/mol. The van der Waals surface area contributed by atoms with Crippen LogP contribution in [0.3, 0.4) is 0 Å². The van der Waals surface area contributed by atoms with E-state index in [4.69, 9.17) is 4.74 Å². The minimum Gasteiger partial charge on any atom is -0.474 e. The van der Waals surface area contributed by atoms with E-state index < -0.39 is 47.9 Å². The molecule has 2 aromatic carbocycles. The zero-order valence-electron chi connectivity index (χ0n) is 24.7. The Hall–Kier alpha value is -4.94. The van der Waals surface area contributed by atoms with Gasteiger partial charge in [0.2, 0.25) is 5.88 Å². The lowest BCUT2D eigenvalue weighted by Crippen LogP contribution is -2.42. The Kier molecular flexibility index (Phi) is 9.35. The number of anilines is 2. The Morgan fingerprint density at radius 1 is 0.978 bits per heavy atom. The molecule has 3 amide bonds. The lowest BCUT2D eigenvalue weighted by Gasteiger charge is -2.32. The second-order valence-corrected chi connectivity index (χ2v) is 11.2. The van der Waals surface area contributed by atoms with Gasteiger partial charge in [0.05, 0.1) is 16.8 Å². The molecule has 3 heterocycles. The summed E-state index contributed by atoms with van der Waals surface area (Å²) < 4.78 is 63.1. The van der Waals surface area contributed by atoms with Crippen LogP contribution in [0.5, 0.6) is 5.88 Å². The summed E-state index contributed by atoms with van der Waals surface area (Å²) >= 11 is 0. The first-order chi connectivity index (χ1) is 21.6. The van der Waals surface area contributed by atoms with Crippen molar-refractivity contribution in [2.75, 3.05) is 37.1 Å². The molecule has 0 aliphatic carbocycles. The number of rotatable bonds is 9. The molecule has 4 aromatic rings. The minimum absolute atomic E-state index is 0.148. The van der Waals surface area contributed by atoms with E-state index >= 15 is 0 Å². The summed E-state index contributed by atoms with van der Waals surface area (Å²) in [7, 11) is 0. The van der Waals surface area contributed by atoms with Crippen molar-refractivity contribution in [2.45, 2.75) is 38.2 Å². The van der Waals surface area contributed by atoms with Crippen molar-refractivity contribution in [3.05, 3.63) is 95.3 Å². The molecule has 9 nitrogen and oxygen atoms in total. The molecule has 45 heavy (non-hydrogen) atoms. The fourth-order valence-electron chi connectivity index (χ4n) is 4.86. The molecule has 5 rings (SSSR count). The highest BCUT2D eigenvalue weighted by atomic mass is 19.1. The van der Waals surface area contributed by atoms with E-state index in [0.29, 0.717) is 24.2 Å². The molecule has 0 atom stereocenters. The zero-order valence-corrected chi connectivity index (χ0v) is 24.7. The van der Waals surface area contributed by atoms with Gasteiger partial charge in [0.25, 0.3) is 5.91 Å². The third kappa shape index (κ3) is 7.08. The van der Waals surface area contributed by atoms with Crippen LogP contribution in [0.2, 0.25) is 0 Å². The zero-order chi connectivity index (χ0) is 32.1. The predicted octanol–water partition coefficient (Wildman–Crippen LogP) is 6.38. The molecular weight excluding hydrogens is 592 g/mol. The van der Waals surface area contributed by atoms with Crippen molar-refractivity contribution in [1.82, 2.24) is 19.7 Å². The normalized spacial score (nSPS) is 13.9. The quantitative estimate of drug-likeness (QED) is 0.211. The van der Waals surface area contributed by atoms with E-state index in [-0.39, 0.29) is 36.6 Å². The first-order valence-corrected chi connectivity index (χ1v) is 14.3. The Balaban J connectivity index is 1.23. The van der Waals surface area contributed by atoms with E-state index in [0.717, 1.165) is 17.7 Å². The fraction of sp³-hybridized carbons (Fsp3) is 0.312. The summed E-state index contributed by atoms with van der Waals surface area (Å²) in [5.41, 5.74) is 0.0517. The van der Waals surface area contributed by atoms with Gasteiger partial charge in [-0.15, -0.1) is 0 Å². The van der Waals surface area contributed by atoms with Crippen molar-refractivity contribution in [3.63, 3.8) is 0 Å². The van der Waals surface area contributed by atoms with Crippen LogP contribution in [-0.2, 0) is 5.41 Å². The van der Waals surface area contributed by atoms with Gasteiger partial charge in [-0.3, -0.25) is 10.1 Å². The SMILES string of the molecule is Cc1ccc(-n2nc(C(C)(CF)CF)cc2NC(=O)Nc2ccnc(OC3CCN(C(=O)c4c(F)cccc4F)CC3)c2)cc1. The van der Waals surface area contributed by atoms with Crippen LogP contribution in [0.15, 0.2) is 66.9 Å². The number of aryl methyl sites for hydroxylation is 1. The number of hydrogen-bond acceptors (Lipinski definition) is 5. The van der Waals surface area contributed by atoms with Crippen LogP contribution in [0.4, 0.5) is 33.9 Å². The summed E-state index contributed by atoms with van der Waals surface area (Å²) in [6, 6.07) is 14.5. The second kappa shape index (κ2) is 13.4. The predicted molar refractivity (Wildman–Crippen MR) is 160 cm³/mol. The molecule has 2 aromatic heterocycles. The molecule has 1 aliphatic heterocycles. The number of ether oxygens (including phenoxy) is 1. The first-order valence-electron chi connectivity index (χ1n) is 14.3. The molecule has 236 valence electrons. The molecule has 1 fully saturated rings. The van der Waals surface area contributed by atoms with Crippen molar-refractivity contribution in [1.29, 1.82) is 0 Å². The van der Waals surface area contributed by atoms with Gasteiger partial charge in [-0.2, -0.15) is 5.10 Å². The Morgan fingerprint density at radius 2 is 1.64 bits per heavy atom. The van der Waals surface area contributed by atoms with Gasteiger partial charge in [-0.1, -0.05) is 23.8 Å². The molecule has 2 N–H and O–H groups in total. The minimum atomic E-state index is -1.47. The lowest BCUT2D eigenvalue weighted by atomic mass is 9.90. The average Bonchev–Trinajstić information content (AvgIpc) is 3.45. The van der Waals surface area contributed by atoms with Crippen LogP contribution in [0, 0.1) is 18.6 Å². The molecular formula is C32H32F4N6O3. The number of nitrogens with zero attached hydrogens (tertiary/aromatic N) is 4. The molecule has 0 radical (unpaired) electrons. The number of pyridine rings is 1. The molecule has 0 unspecified atom stereocenters. The van der Waals surface area contributed by atoms with E-state index in [9.17, 15) is 27.2 Å². The smallest absolute Gasteiger partial charge is 0.324 e. The van der Waals surface area contributed by atoms with Crippen molar-refractivity contribution < 1.29 is 31.9 Å². The van der Waals surface area contributed by atoms with Crippen molar-refractivity contribution in [3.8, 4) is 11.6 Å². The molecule has 1 aliphatic rings. The van der Waals surface area contributed by atoms with Gasteiger partial charge < -0.3 is 15.0 Å². The standard InChI is InChI=1S/C32H32F4N6O3/c1-20-6-8-22(9-7-20)42-27(17-26(40-42)32(2,18-33)19-34)39-31(44)38-21-10-13-37-28(16-21)45-23-11-14-41(15-12-23)30(43)29-24(35)4-3-5-25(29)36/h3-10,13,16-17,23H,11-12,14-15,18-19H2,1-2H3,(H2,37,38,39,44). The third-order valence-corrected chi connectivity index (χ3v) is 7.62. The fourth-order valence-corrected chi connectivity index (χ4v) is 4.86. The largest absolute Gasteiger partial charge is 0.474 e. The van der Waals surface area contributed by atoms with Gasteiger partial charge in [-0.05, 0) is 44.2 Å². The Morgan fingerprint density at radius 3 is 2.29 bits per heavy atom. The number of likely N-dealkylation sites (tertiary alicyclic amines) is 1. The highest BCUT2D eigenvalue weighted by Gasteiger charge is 2.32. The summed E-state index contributed by atoms with van der Waals surface area (Å²) in [5.74, 6) is -2.09. The molecule has 13 heteroatoms. The number of urea groups is 1. The molecule has 0 spiro atoms. The number of carbonyl (C=O) groups is 2. The number of halogens is 4. The van der Waals surface area contributed by atoms with E-state index in [1.165, 1.54) is 40.9 Å². The maximum atomic E-state index is 14.1. The van der Waals surface area contributed by atoms with Gasteiger partial charge in [-0.25, -0.2) is 32.0 Å². The van der Waals surface area contributed by atoms with E-state index in [1.54, 1.807) is 18.2 Å². The topological polar surface area (TPSA) is 101 Å². The van der Waals surface area contributed by atoms with Crippen LogP contribution in [-0.4, -0.2) is 64.1 Å². The highest BCUT2D eigenvalue weighted by molar-refractivity contribution is 5.99. The van der Waals surface area contributed by atoms with Crippen LogP contribution in [0.25, 0.3) is 5.69 Å². The summed E-state index contributed by atoms with van der Waals surface area (Å²) in [4.78, 5) is 31.3. The van der Waals surface area contributed by atoms with Gasteiger partial charge in [0.15, 0.2) is 0 Å². The number of carbonyl (C=O) groups excluding carboxylic acids is 2. The number of amides is 3. The maximum Gasteiger partial charge on any atom is 0.324 e. The highest BCUT2D eigenvalue weighted by Crippen LogP contribution is 2.29. The van der Waals surface area contributed by atoms with Crippen molar-refractivity contribution in [2.24, 2.45) is 0 Å². The first kappa shape index (κ1) is 31.5. The van der Waals surface area contributed by atoms with Crippen LogP contribution < -0.4 is 15.4 Å². The molecule has 0 bridgehead atoms. The van der Waals surface area contributed by atoms with Crippen LogP contribution >= 0.6 is 0 Å². The Labute approximate surface area is 257 Å². The van der Waals surface area contributed by atoms with Crippen molar-refractivity contribution >= 4 is 23.4 Å².